The van der Waals surface area contributed by atoms with Gasteiger partial charge in [-0.2, -0.15) is 4.31 Å². The minimum absolute atomic E-state index is 0.187. The molecule has 2 amide bonds. The summed E-state index contributed by atoms with van der Waals surface area (Å²) in [6, 6.07) is 3.61. The first-order valence-corrected chi connectivity index (χ1v) is 11.8. The number of carbonyl (C=O) groups is 2. The van der Waals surface area contributed by atoms with Crippen LogP contribution in [0.4, 0.5) is 0 Å². The van der Waals surface area contributed by atoms with Gasteiger partial charge in [0.05, 0.1) is 4.90 Å². The van der Waals surface area contributed by atoms with Crippen molar-refractivity contribution in [2.45, 2.75) is 70.7 Å². The molecule has 1 fully saturated rings. The number of benzene rings is 1. The molecule has 0 bridgehead atoms. The van der Waals surface area contributed by atoms with E-state index in [4.69, 9.17) is 0 Å². The van der Waals surface area contributed by atoms with Gasteiger partial charge < -0.3 is 10.6 Å². The van der Waals surface area contributed by atoms with Crippen LogP contribution < -0.4 is 10.6 Å². The Morgan fingerprint density at radius 3 is 2.21 bits per heavy atom. The fourth-order valence-corrected chi connectivity index (χ4v) is 6.16. The molecular formula is C21H33N3O4S. The maximum atomic E-state index is 13.4. The summed E-state index contributed by atoms with van der Waals surface area (Å²) in [4.78, 5) is 23.9. The van der Waals surface area contributed by atoms with E-state index in [9.17, 15) is 18.0 Å². The lowest BCUT2D eigenvalue weighted by molar-refractivity contribution is -0.139. The predicted octanol–water partition coefficient (Wildman–Crippen LogP) is 2.19. The van der Waals surface area contributed by atoms with Crippen LogP contribution in [0.5, 0.6) is 0 Å². The largest absolute Gasteiger partial charge is 0.348 e. The number of hydrogen-bond acceptors (Lipinski definition) is 4. The fourth-order valence-electron chi connectivity index (χ4n) is 4.02. The van der Waals surface area contributed by atoms with Crippen LogP contribution in [0, 0.1) is 20.8 Å². The van der Waals surface area contributed by atoms with Gasteiger partial charge in [0.2, 0.25) is 10.0 Å². The lowest BCUT2D eigenvalue weighted by Crippen LogP contribution is -2.46. The molecule has 29 heavy (non-hydrogen) atoms. The Morgan fingerprint density at radius 2 is 1.62 bits per heavy atom. The zero-order valence-corrected chi connectivity index (χ0v) is 18.7. The van der Waals surface area contributed by atoms with Crippen molar-refractivity contribution in [2.75, 3.05) is 19.6 Å². The summed E-state index contributed by atoms with van der Waals surface area (Å²) in [6.07, 6.45) is 3.77. The van der Waals surface area contributed by atoms with Crippen molar-refractivity contribution in [3.8, 4) is 0 Å². The summed E-state index contributed by atoms with van der Waals surface area (Å²) >= 11 is 0. The number of hydrogen-bond donors (Lipinski definition) is 2. The second kappa shape index (κ2) is 10.2. The molecule has 162 valence electrons. The van der Waals surface area contributed by atoms with E-state index >= 15 is 0 Å². The van der Waals surface area contributed by atoms with Crippen molar-refractivity contribution in [1.29, 1.82) is 0 Å². The normalized spacial score (nSPS) is 17.7. The molecule has 1 atom stereocenters. The van der Waals surface area contributed by atoms with Gasteiger partial charge in [-0.05, 0) is 57.6 Å². The molecule has 0 spiro atoms. The standard InChI is InChI=1S/C21H33N3O4S/c1-5-10-22-20(25)21(26)23-11-9-18-8-6-7-12-24(18)29(27,28)19-16(3)13-15(2)14-17(19)4/h13-14,18H,5-12H2,1-4H3,(H,22,25)(H,23,26)/t18-/m1/s1. The van der Waals surface area contributed by atoms with Crippen LogP contribution in [-0.4, -0.2) is 50.2 Å². The zero-order chi connectivity index (χ0) is 21.6. The van der Waals surface area contributed by atoms with Crippen molar-refractivity contribution in [3.05, 3.63) is 28.8 Å². The van der Waals surface area contributed by atoms with Gasteiger partial charge in [-0.25, -0.2) is 8.42 Å². The third kappa shape index (κ3) is 5.79. The second-order valence-corrected chi connectivity index (χ2v) is 9.62. The van der Waals surface area contributed by atoms with Crippen LogP contribution in [-0.2, 0) is 19.6 Å². The maximum Gasteiger partial charge on any atom is 0.309 e. The summed E-state index contributed by atoms with van der Waals surface area (Å²) in [5.74, 6) is -1.32. The van der Waals surface area contributed by atoms with Gasteiger partial charge in [-0.15, -0.1) is 0 Å². The molecule has 1 aromatic rings. The summed E-state index contributed by atoms with van der Waals surface area (Å²) in [7, 11) is -3.63. The van der Waals surface area contributed by atoms with Crippen LogP contribution in [0.2, 0.25) is 0 Å². The molecule has 7 nitrogen and oxygen atoms in total. The lowest BCUT2D eigenvalue weighted by atomic mass is 10.0. The summed E-state index contributed by atoms with van der Waals surface area (Å²) in [5.41, 5.74) is 2.55. The third-order valence-corrected chi connectivity index (χ3v) is 7.51. The molecule has 1 saturated heterocycles. The Hall–Kier alpha value is -1.93. The quantitative estimate of drug-likeness (QED) is 0.657. The number of amides is 2. The molecule has 1 heterocycles. The summed E-state index contributed by atoms with van der Waals surface area (Å²) < 4.78 is 28.5. The number of piperidine rings is 1. The average Bonchev–Trinajstić information content (AvgIpc) is 2.65. The first kappa shape index (κ1) is 23.3. The van der Waals surface area contributed by atoms with E-state index in [0.717, 1.165) is 42.4 Å². The SMILES string of the molecule is CCCNC(=O)C(=O)NCC[C@H]1CCCCN1S(=O)(=O)c1c(C)cc(C)cc1C. The Bertz CT molecular complexity index is 828. The first-order valence-electron chi connectivity index (χ1n) is 10.3. The molecule has 1 aliphatic heterocycles. The van der Waals surface area contributed by atoms with Gasteiger partial charge in [-0.1, -0.05) is 31.0 Å². The number of nitrogens with zero attached hydrogens (tertiary/aromatic N) is 1. The van der Waals surface area contributed by atoms with Crippen molar-refractivity contribution in [3.63, 3.8) is 0 Å². The predicted molar refractivity (Wildman–Crippen MR) is 113 cm³/mol. The number of carbonyl (C=O) groups excluding carboxylic acids is 2. The lowest BCUT2D eigenvalue weighted by Gasteiger charge is -2.35. The van der Waals surface area contributed by atoms with E-state index in [-0.39, 0.29) is 12.6 Å². The summed E-state index contributed by atoms with van der Waals surface area (Å²) in [6.45, 7) is 8.73. The van der Waals surface area contributed by atoms with E-state index in [1.165, 1.54) is 0 Å². The molecule has 0 aliphatic carbocycles. The maximum absolute atomic E-state index is 13.4. The number of nitrogens with one attached hydrogen (secondary N) is 2. The van der Waals surface area contributed by atoms with Gasteiger partial charge in [0.1, 0.15) is 0 Å². The van der Waals surface area contributed by atoms with Crippen LogP contribution >= 0.6 is 0 Å². The molecular weight excluding hydrogens is 390 g/mol. The fraction of sp³-hybridized carbons (Fsp3) is 0.619. The molecule has 1 aliphatic rings. The van der Waals surface area contributed by atoms with Crippen LogP contribution in [0.25, 0.3) is 0 Å². The Kier molecular flexibility index (Phi) is 8.22. The summed E-state index contributed by atoms with van der Waals surface area (Å²) in [5, 5.41) is 5.14. The van der Waals surface area contributed by atoms with E-state index in [0.29, 0.717) is 24.4 Å². The van der Waals surface area contributed by atoms with Gasteiger partial charge in [-0.3, -0.25) is 9.59 Å². The minimum Gasteiger partial charge on any atom is -0.348 e. The molecule has 2 rings (SSSR count). The number of rotatable bonds is 7. The van der Waals surface area contributed by atoms with Gasteiger partial charge in [0, 0.05) is 25.7 Å². The molecule has 0 unspecified atom stereocenters. The molecule has 8 heteroatoms. The Labute approximate surface area is 174 Å². The highest BCUT2D eigenvalue weighted by atomic mass is 32.2. The van der Waals surface area contributed by atoms with Crippen LogP contribution in [0.1, 0.15) is 55.7 Å². The van der Waals surface area contributed by atoms with Crippen molar-refractivity contribution in [1.82, 2.24) is 14.9 Å². The average molecular weight is 424 g/mol. The van der Waals surface area contributed by atoms with Crippen molar-refractivity contribution < 1.29 is 18.0 Å². The highest BCUT2D eigenvalue weighted by molar-refractivity contribution is 7.89. The van der Waals surface area contributed by atoms with E-state index in [2.05, 4.69) is 10.6 Å². The minimum atomic E-state index is -3.63. The number of aryl methyl sites for hydroxylation is 3. The molecule has 0 radical (unpaired) electrons. The third-order valence-electron chi connectivity index (χ3n) is 5.25. The monoisotopic (exact) mass is 423 g/mol. The Morgan fingerprint density at radius 1 is 1.03 bits per heavy atom. The Balaban J connectivity index is 2.09. The molecule has 0 saturated carbocycles. The van der Waals surface area contributed by atoms with Gasteiger partial charge >= 0.3 is 11.8 Å². The first-order chi connectivity index (χ1) is 13.7. The van der Waals surface area contributed by atoms with E-state index in [1.807, 2.05) is 39.8 Å². The van der Waals surface area contributed by atoms with Crippen molar-refractivity contribution in [2.24, 2.45) is 0 Å². The van der Waals surface area contributed by atoms with Gasteiger partial charge in [0.15, 0.2) is 0 Å². The van der Waals surface area contributed by atoms with Crippen LogP contribution in [0.15, 0.2) is 17.0 Å². The van der Waals surface area contributed by atoms with E-state index in [1.54, 1.807) is 4.31 Å². The van der Waals surface area contributed by atoms with Gasteiger partial charge in [0.25, 0.3) is 0 Å². The van der Waals surface area contributed by atoms with Crippen molar-refractivity contribution >= 4 is 21.8 Å². The highest BCUT2D eigenvalue weighted by Gasteiger charge is 2.35. The second-order valence-electron chi connectivity index (χ2n) is 7.79. The number of sulfonamides is 1. The molecule has 1 aromatic carbocycles. The topological polar surface area (TPSA) is 95.6 Å². The molecule has 2 N–H and O–H groups in total. The molecule has 0 aromatic heterocycles. The smallest absolute Gasteiger partial charge is 0.309 e. The van der Waals surface area contributed by atoms with E-state index < -0.39 is 21.8 Å². The zero-order valence-electron chi connectivity index (χ0n) is 17.9. The van der Waals surface area contributed by atoms with Crippen LogP contribution in [0.3, 0.4) is 0 Å². The highest BCUT2D eigenvalue weighted by Crippen LogP contribution is 2.31.